The first kappa shape index (κ1) is 24.1. The number of carbonyl (C=O) groups excluding carboxylic acids is 3. The molecule has 3 aliphatic heterocycles. The van der Waals surface area contributed by atoms with E-state index in [4.69, 9.17) is 15.2 Å². The molecule has 0 saturated carbocycles. The van der Waals surface area contributed by atoms with Crippen LogP contribution < -0.4 is 15.4 Å². The van der Waals surface area contributed by atoms with Gasteiger partial charge >= 0.3 is 0 Å². The minimum Gasteiger partial charge on any atom is -0.493 e. The maximum absolute atomic E-state index is 14.0. The fraction of sp³-hybridized carbons (Fsp3) is 0.333. The van der Waals surface area contributed by atoms with Crippen LogP contribution in [-0.4, -0.2) is 35.5 Å². The minimum absolute atomic E-state index is 0.167. The number of amides is 3. The summed E-state index contributed by atoms with van der Waals surface area (Å²) < 4.78 is 12.5. The van der Waals surface area contributed by atoms with E-state index in [2.05, 4.69) is 6.07 Å². The molecule has 6 rings (SSSR count). The van der Waals surface area contributed by atoms with Crippen LogP contribution in [0.1, 0.15) is 37.3 Å². The highest BCUT2D eigenvalue weighted by molar-refractivity contribution is 6.26. The molecule has 4 atom stereocenters. The van der Waals surface area contributed by atoms with Crippen molar-refractivity contribution in [1.29, 1.82) is 5.26 Å². The number of imide groups is 1. The van der Waals surface area contributed by atoms with Crippen LogP contribution in [0.25, 0.3) is 10.8 Å². The number of hydrogen-bond donors (Lipinski definition) is 1. The number of ether oxygens (including phenoxy) is 2. The van der Waals surface area contributed by atoms with Crippen molar-refractivity contribution in [1.82, 2.24) is 0 Å². The van der Waals surface area contributed by atoms with E-state index >= 15 is 0 Å². The van der Waals surface area contributed by atoms with Crippen LogP contribution in [0, 0.1) is 23.2 Å². The van der Waals surface area contributed by atoms with Crippen LogP contribution in [0.4, 0.5) is 5.69 Å². The Kier molecular flexibility index (Phi) is 5.51. The van der Waals surface area contributed by atoms with Gasteiger partial charge < -0.3 is 15.2 Å². The zero-order valence-electron chi connectivity index (χ0n) is 21.0. The van der Waals surface area contributed by atoms with Crippen molar-refractivity contribution in [3.63, 3.8) is 0 Å². The summed E-state index contributed by atoms with van der Waals surface area (Å²) in [6.45, 7) is 2.25. The van der Waals surface area contributed by atoms with E-state index in [0.29, 0.717) is 53.6 Å². The lowest BCUT2D eigenvalue weighted by atomic mass is 9.67. The van der Waals surface area contributed by atoms with Gasteiger partial charge in [0.2, 0.25) is 17.7 Å². The zero-order chi connectivity index (χ0) is 26.7. The summed E-state index contributed by atoms with van der Waals surface area (Å²) in [5.74, 6) is -1.41. The molecule has 2 bridgehead atoms. The number of nitrogens with two attached hydrogens (primary N) is 1. The van der Waals surface area contributed by atoms with Gasteiger partial charge in [-0.15, -0.1) is 0 Å². The van der Waals surface area contributed by atoms with E-state index in [0.717, 1.165) is 5.56 Å². The Labute approximate surface area is 219 Å². The molecule has 2 N–H and O–H groups in total. The fourth-order valence-electron chi connectivity index (χ4n) is 6.67. The topological polar surface area (TPSA) is 123 Å². The van der Waals surface area contributed by atoms with Crippen molar-refractivity contribution >= 4 is 34.2 Å². The third-order valence-electron chi connectivity index (χ3n) is 8.37. The van der Waals surface area contributed by atoms with Crippen LogP contribution in [0.3, 0.4) is 0 Å². The van der Waals surface area contributed by atoms with Crippen LogP contribution in [0.2, 0.25) is 0 Å². The Hall–Kier alpha value is -4.22. The Balaban J connectivity index is 1.26. The molecule has 0 aromatic heterocycles. The highest BCUT2D eigenvalue weighted by Gasteiger charge is 2.73. The number of primary amides is 1. The van der Waals surface area contributed by atoms with E-state index in [9.17, 15) is 19.6 Å². The normalized spacial score (nSPS) is 27.5. The smallest absolute Gasteiger partial charge is 0.240 e. The van der Waals surface area contributed by atoms with Gasteiger partial charge in [0.15, 0.2) is 0 Å². The van der Waals surface area contributed by atoms with E-state index in [1.54, 1.807) is 36.4 Å². The Morgan fingerprint density at radius 3 is 2.47 bits per heavy atom. The lowest BCUT2D eigenvalue weighted by Crippen LogP contribution is -2.43. The van der Waals surface area contributed by atoms with Crippen molar-refractivity contribution in [2.75, 3.05) is 11.5 Å². The average molecular weight is 510 g/mol. The number of nitriles is 1. The largest absolute Gasteiger partial charge is 0.493 e. The fourth-order valence-corrected chi connectivity index (χ4v) is 6.67. The molecule has 38 heavy (non-hydrogen) atoms. The number of fused-ring (bicyclic) bond motifs is 6. The van der Waals surface area contributed by atoms with E-state index in [-0.39, 0.29) is 18.2 Å². The molecule has 3 amide bonds. The van der Waals surface area contributed by atoms with E-state index in [1.807, 2.05) is 31.2 Å². The molecule has 3 saturated heterocycles. The van der Waals surface area contributed by atoms with Crippen molar-refractivity contribution in [3.05, 3.63) is 71.8 Å². The highest BCUT2D eigenvalue weighted by Crippen LogP contribution is 2.62. The molecule has 4 unspecified atom stereocenters. The molecule has 3 aliphatic rings. The second kappa shape index (κ2) is 8.67. The third kappa shape index (κ3) is 3.57. The van der Waals surface area contributed by atoms with Gasteiger partial charge in [-0.3, -0.25) is 14.4 Å². The summed E-state index contributed by atoms with van der Waals surface area (Å²) >= 11 is 0. The summed E-state index contributed by atoms with van der Waals surface area (Å²) in [6, 6.07) is 20.1. The molecular weight excluding hydrogens is 482 g/mol. The quantitative estimate of drug-likeness (QED) is 0.485. The minimum atomic E-state index is -0.783. The molecule has 3 aromatic rings. The van der Waals surface area contributed by atoms with Crippen molar-refractivity contribution in [2.45, 2.75) is 43.8 Å². The first-order chi connectivity index (χ1) is 18.3. The maximum atomic E-state index is 14.0. The first-order valence-corrected chi connectivity index (χ1v) is 12.8. The zero-order valence-corrected chi connectivity index (χ0v) is 21.0. The molecule has 3 heterocycles. The highest BCUT2D eigenvalue weighted by atomic mass is 16.5. The summed E-state index contributed by atoms with van der Waals surface area (Å²) in [4.78, 5) is 40.3. The second-order valence-electron chi connectivity index (χ2n) is 10.6. The number of anilines is 1. The SMILES string of the molecule is CC12CCC(CCOc3ccc(CC(N)=O)cc3)(O1)C1C(=O)N(c3ccc(C#N)c4ccccc34)C(=O)C12. The van der Waals surface area contributed by atoms with Crippen LogP contribution in [0.15, 0.2) is 60.7 Å². The summed E-state index contributed by atoms with van der Waals surface area (Å²) in [5.41, 5.74) is 5.57. The van der Waals surface area contributed by atoms with Gasteiger partial charge in [-0.05, 0) is 49.6 Å². The molecule has 8 nitrogen and oxygen atoms in total. The van der Waals surface area contributed by atoms with Crippen LogP contribution in [-0.2, 0) is 25.5 Å². The molecule has 3 aromatic carbocycles. The molecule has 8 heteroatoms. The molecular formula is C30H27N3O5. The summed E-state index contributed by atoms with van der Waals surface area (Å²) in [6.07, 6.45) is 2.00. The average Bonchev–Trinajstić information content (AvgIpc) is 3.48. The van der Waals surface area contributed by atoms with E-state index < -0.39 is 28.9 Å². The Bertz CT molecular complexity index is 1530. The van der Waals surface area contributed by atoms with Gasteiger partial charge in [0.25, 0.3) is 0 Å². The molecule has 192 valence electrons. The molecule has 0 aliphatic carbocycles. The van der Waals surface area contributed by atoms with Gasteiger partial charge in [-0.2, -0.15) is 5.26 Å². The lowest BCUT2D eigenvalue weighted by molar-refractivity contribution is -0.131. The van der Waals surface area contributed by atoms with Crippen LogP contribution in [0.5, 0.6) is 5.75 Å². The standard InChI is InChI=1S/C30H27N3O5/c1-29-12-13-30(38-29,14-15-37-20-9-6-18(7-10-20)16-24(32)34)26-25(29)27(35)33(28(26)36)23-11-8-19(17-31)21-4-2-3-5-22(21)23/h2-11,25-26H,12-16H2,1H3,(H2,32,34). The molecule has 0 radical (unpaired) electrons. The van der Waals surface area contributed by atoms with Crippen molar-refractivity contribution in [2.24, 2.45) is 17.6 Å². The predicted molar refractivity (Wildman–Crippen MR) is 139 cm³/mol. The number of hydrogen-bond acceptors (Lipinski definition) is 6. The Morgan fingerprint density at radius 2 is 1.76 bits per heavy atom. The lowest BCUT2D eigenvalue weighted by Gasteiger charge is -2.31. The Morgan fingerprint density at radius 1 is 1.05 bits per heavy atom. The molecule has 0 spiro atoms. The maximum Gasteiger partial charge on any atom is 0.240 e. The van der Waals surface area contributed by atoms with E-state index in [1.165, 1.54) is 4.90 Å². The van der Waals surface area contributed by atoms with Crippen molar-refractivity contribution < 1.29 is 23.9 Å². The number of nitrogens with zero attached hydrogens (tertiary/aromatic N) is 2. The van der Waals surface area contributed by atoms with Crippen LogP contribution >= 0.6 is 0 Å². The second-order valence-corrected chi connectivity index (χ2v) is 10.6. The van der Waals surface area contributed by atoms with Gasteiger partial charge in [0.05, 0.1) is 53.4 Å². The number of rotatable bonds is 7. The summed E-state index contributed by atoms with van der Waals surface area (Å²) in [7, 11) is 0. The van der Waals surface area contributed by atoms with Gasteiger partial charge in [-0.1, -0.05) is 36.4 Å². The van der Waals surface area contributed by atoms with Crippen molar-refractivity contribution in [3.8, 4) is 11.8 Å². The van der Waals surface area contributed by atoms with Gasteiger partial charge in [0, 0.05) is 17.2 Å². The summed E-state index contributed by atoms with van der Waals surface area (Å²) in [5, 5.41) is 10.9. The molecule has 3 fully saturated rings. The third-order valence-corrected chi connectivity index (χ3v) is 8.37. The van der Waals surface area contributed by atoms with Gasteiger partial charge in [0.1, 0.15) is 5.75 Å². The number of benzene rings is 3. The monoisotopic (exact) mass is 509 g/mol. The van der Waals surface area contributed by atoms with Gasteiger partial charge in [-0.25, -0.2) is 4.90 Å². The predicted octanol–water partition coefficient (Wildman–Crippen LogP) is 3.64. The first-order valence-electron chi connectivity index (χ1n) is 12.8. The number of carbonyl (C=O) groups is 3.